The highest BCUT2D eigenvalue weighted by molar-refractivity contribution is 7.90. The highest BCUT2D eigenvalue weighted by Gasteiger charge is 2.66. The molecule has 138 valence electrons. The summed E-state index contributed by atoms with van der Waals surface area (Å²) in [5.41, 5.74) is -0.500. The summed E-state index contributed by atoms with van der Waals surface area (Å²) >= 11 is 0. The molecule has 2 aromatic heterocycles. The number of fused-ring (bicyclic) bond motifs is 2. The van der Waals surface area contributed by atoms with Crippen molar-refractivity contribution in [2.24, 2.45) is 0 Å². The molecule has 1 aromatic carbocycles. The summed E-state index contributed by atoms with van der Waals surface area (Å²) in [6, 6.07) is 1.57. The Bertz CT molecular complexity index is 1140. The molecule has 0 aliphatic carbocycles. The second kappa shape index (κ2) is 4.84. The van der Waals surface area contributed by atoms with Crippen molar-refractivity contribution >= 4 is 21.1 Å². The Morgan fingerprint density at radius 3 is 2.27 bits per heavy atom. The third-order valence-corrected chi connectivity index (χ3v) is 5.18. The van der Waals surface area contributed by atoms with Crippen LogP contribution in [0.2, 0.25) is 0 Å². The monoisotopic (exact) mass is 394 g/mol. The highest BCUT2D eigenvalue weighted by Crippen LogP contribution is 2.48. The maximum absolute atomic E-state index is 13.3. The molecular formula is C12H6F4N4O5S. The quantitative estimate of drug-likeness (QED) is 0.607. The molecule has 0 bridgehead atoms. The van der Waals surface area contributed by atoms with Crippen LogP contribution in [0.15, 0.2) is 27.7 Å². The van der Waals surface area contributed by atoms with Gasteiger partial charge in [-0.2, -0.15) is 26.0 Å². The maximum atomic E-state index is 13.3. The van der Waals surface area contributed by atoms with Gasteiger partial charge in [0.25, 0.3) is 10.0 Å². The summed E-state index contributed by atoms with van der Waals surface area (Å²) in [7, 11) is -4.33. The maximum Gasteiger partial charge on any atom is 0.507 e. The van der Waals surface area contributed by atoms with E-state index >= 15 is 0 Å². The molecule has 26 heavy (non-hydrogen) atoms. The molecule has 0 saturated carbocycles. The van der Waals surface area contributed by atoms with Gasteiger partial charge in [0, 0.05) is 12.1 Å². The Balaban J connectivity index is 1.90. The van der Waals surface area contributed by atoms with Crippen molar-refractivity contribution in [2.45, 2.75) is 24.0 Å². The lowest BCUT2D eigenvalue weighted by Gasteiger charge is -2.31. The van der Waals surface area contributed by atoms with Crippen molar-refractivity contribution in [3.63, 3.8) is 0 Å². The first-order valence-electron chi connectivity index (χ1n) is 6.73. The zero-order valence-electron chi connectivity index (χ0n) is 12.5. The largest absolute Gasteiger partial charge is 0.507 e. The number of halogens is 4. The summed E-state index contributed by atoms with van der Waals surface area (Å²) in [4.78, 5) is -0.337. The van der Waals surface area contributed by atoms with Gasteiger partial charge in [-0.3, -0.25) is 0 Å². The van der Waals surface area contributed by atoms with Crippen molar-refractivity contribution in [3.8, 4) is 11.5 Å². The minimum Gasteiger partial charge on any atom is -0.421 e. The third kappa shape index (κ3) is 2.14. The van der Waals surface area contributed by atoms with Gasteiger partial charge in [0.1, 0.15) is 11.0 Å². The van der Waals surface area contributed by atoms with E-state index in [4.69, 9.17) is 0 Å². The van der Waals surface area contributed by atoms with Crippen LogP contribution in [0.5, 0.6) is 11.5 Å². The van der Waals surface area contributed by atoms with Crippen LogP contribution in [0.1, 0.15) is 5.76 Å². The van der Waals surface area contributed by atoms with E-state index in [1.54, 1.807) is 0 Å². The molecule has 3 aromatic rings. The number of hydrogen-bond acceptors (Lipinski definition) is 8. The molecule has 9 nitrogen and oxygen atoms in total. The molecule has 0 radical (unpaired) electrons. The zero-order valence-corrected chi connectivity index (χ0v) is 13.3. The van der Waals surface area contributed by atoms with Gasteiger partial charge in [-0.15, -0.1) is 9.19 Å². The Morgan fingerprint density at radius 2 is 1.69 bits per heavy atom. The first-order chi connectivity index (χ1) is 12.0. The molecule has 4 rings (SSSR count). The van der Waals surface area contributed by atoms with Crippen LogP contribution in [0.25, 0.3) is 11.0 Å². The van der Waals surface area contributed by atoms with Crippen molar-refractivity contribution in [3.05, 3.63) is 24.1 Å². The van der Waals surface area contributed by atoms with Gasteiger partial charge in [0.15, 0.2) is 22.2 Å². The summed E-state index contributed by atoms with van der Waals surface area (Å²) < 4.78 is 91.4. The summed E-state index contributed by atoms with van der Waals surface area (Å²) in [6.45, 7) is 1.33. The first-order valence-corrected chi connectivity index (χ1v) is 8.17. The molecule has 1 aliphatic rings. The lowest BCUT2D eigenvalue weighted by Crippen LogP contribution is -2.52. The molecule has 0 atom stereocenters. The van der Waals surface area contributed by atoms with Crippen LogP contribution >= 0.6 is 0 Å². The summed E-state index contributed by atoms with van der Waals surface area (Å²) in [6.07, 6.45) is -8.93. The van der Waals surface area contributed by atoms with E-state index in [9.17, 15) is 26.0 Å². The fourth-order valence-electron chi connectivity index (χ4n) is 2.27. The van der Waals surface area contributed by atoms with Crippen molar-refractivity contribution in [1.82, 2.24) is 19.6 Å². The number of alkyl halides is 4. The topological polar surface area (TPSA) is 109 Å². The molecule has 0 amide bonds. The molecule has 0 N–H and O–H groups in total. The highest BCUT2D eigenvalue weighted by atomic mass is 32.2. The average molecular weight is 394 g/mol. The second-order valence-corrected chi connectivity index (χ2v) is 6.94. The minimum atomic E-state index is -4.95. The summed E-state index contributed by atoms with van der Waals surface area (Å²) in [5.74, 6) is -1.58. The first kappa shape index (κ1) is 16.6. The number of aromatic nitrogens is 4. The van der Waals surface area contributed by atoms with E-state index in [1.807, 2.05) is 0 Å². The molecular weight excluding hydrogens is 388 g/mol. The predicted octanol–water partition coefficient (Wildman–Crippen LogP) is 1.92. The number of benzene rings is 1. The van der Waals surface area contributed by atoms with E-state index in [-0.39, 0.29) is 21.7 Å². The van der Waals surface area contributed by atoms with Gasteiger partial charge in [0.2, 0.25) is 0 Å². The fourth-order valence-corrected chi connectivity index (χ4v) is 3.57. The smallest absolute Gasteiger partial charge is 0.421 e. The van der Waals surface area contributed by atoms with E-state index < -0.39 is 33.7 Å². The van der Waals surface area contributed by atoms with Crippen LogP contribution in [0.4, 0.5) is 17.6 Å². The Kier molecular flexibility index (Phi) is 3.08. The number of hydrogen-bond donors (Lipinski definition) is 0. The molecule has 0 fully saturated rings. The number of aryl methyl sites for hydroxylation is 1. The molecule has 14 heteroatoms. The van der Waals surface area contributed by atoms with Crippen molar-refractivity contribution in [2.75, 3.05) is 0 Å². The van der Waals surface area contributed by atoms with Crippen molar-refractivity contribution in [1.29, 1.82) is 0 Å². The standard InChI is InChI=1S/C12H6F4N4O5S/c1-5-10(4-17-25-5)26(21,22)20-7-3-9-8(2-6(7)18-19-20)23-11(13,14)12(15,16)24-9/h2-4H,1H3. The number of rotatable bonds is 2. The Hall–Kier alpha value is -2.90. The van der Waals surface area contributed by atoms with Crippen LogP contribution in [0.3, 0.4) is 0 Å². The van der Waals surface area contributed by atoms with Gasteiger partial charge in [0.05, 0.1) is 6.20 Å². The van der Waals surface area contributed by atoms with Gasteiger partial charge in [-0.1, -0.05) is 10.4 Å². The van der Waals surface area contributed by atoms with Crippen LogP contribution < -0.4 is 9.47 Å². The lowest BCUT2D eigenvalue weighted by molar-refractivity contribution is -0.391. The molecule has 0 unspecified atom stereocenters. The normalized spacial score (nSPS) is 18.2. The molecule has 0 spiro atoms. The van der Waals surface area contributed by atoms with Crippen LogP contribution in [-0.2, 0) is 10.0 Å². The molecule has 1 aliphatic heterocycles. The fraction of sp³-hybridized carbons (Fsp3) is 0.250. The van der Waals surface area contributed by atoms with Gasteiger partial charge in [-0.05, 0) is 6.92 Å². The van der Waals surface area contributed by atoms with E-state index in [0.717, 1.165) is 18.3 Å². The average Bonchev–Trinajstić information content (AvgIpc) is 3.12. The Morgan fingerprint density at radius 1 is 1.08 bits per heavy atom. The second-order valence-electron chi connectivity index (χ2n) is 5.21. The summed E-state index contributed by atoms with van der Waals surface area (Å²) in [5, 5.41) is 10.3. The van der Waals surface area contributed by atoms with Gasteiger partial charge >= 0.3 is 12.2 Å². The number of nitrogens with zero attached hydrogens (tertiary/aromatic N) is 4. The Labute approximate surface area is 141 Å². The zero-order chi connectivity index (χ0) is 18.9. The third-order valence-electron chi connectivity index (χ3n) is 3.51. The minimum absolute atomic E-state index is 0.0441. The van der Waals surface area contributed by atoms with E-state index in [1.165, 1.54) is 6.92 Å². The molecule has 0 saturated heterocycles. The SMILES string of the molecule is Cc1oncc1S(=O)(=O)n1nnc2cc3c(cc21)OC(F)(F)C(F)(F)O3. The van der Waals surface area contributed by atoms with Crippen LogP contribution in [0, 0.1) is 6.92 Å². The van der Waals surface area contributed by atoms with Crippen LogP contribution in [-0.4, -0.2) is 40.2 Å². The van der Waals surface area contributed by atoms with E-state index in [0.29, 0.717) is 4.09 Å². The van der Waals surface area contributed by atoms with Crippen molar-refractivity contribution < 1.29 is 40.0 Å². The van der Waals surface area contributed by atoms with E-state index in [2.05, 4.69) is 29.5 Å². The number of ether oxygens (including phenoxy) is 2. The molecule has 3 heterocycles. The lowest BCUT2D eigenvalue weighted by atomic mass is 10.2. The predicted molar refractivity (Wildman–Crippen MR) is 72.5 cm³/mol. The van der Waals surface area contributed by atoms with Gasteiger partial charge in [-0.25, -0.2) is 0 Å². The van der Waals surface area contributed by atoms with Gasteiger partial charge < -0.3 is 14.0 Å².